The van der Waals surface area contributed by atoms with Crippen LogP contribution in [0.3, 0.4) is 0 Å². The lowest BCUT2D eigenvalue weighted by Crippen LogP contribution is -2.45. The van der Waals surface area contributed by atoms with E-state index in [0.717, 1.165) is 17.7 Å². The largest absolute Gasteiger partial charge is 0.502 e. The second-order valence-electron chi connectivity index (χ2n) is 6.46. The van der Waals surface area contributed by atoms with Gasteiger partial charge in [-0.25, -0.2) is 0 Å². The molecule has 30 heavy (non-hydrogen) atoms. The lowest BCUT2D eigenvalue weighted by molar-refractivity contribution is -0.385. The van der Waals surface area contributed by atoms with Gasteiger partial charge in [0.15, 0.2) is 5.75 Å². The SMILES string of the molecule is CC.O=C(NCc1ccc(Cl)cc1)C1CCCN1C(=O)c1ccc([N+](=O)[O-])c(O)c1. The van der Waals surface area contributed by atoms with E-state index in [1.807, 2.05) is 13.8 Å². The molecule has 1 saturated heterocycles. The van der Waals surface area contributed by atoms with E-state index in [1.54, 1.807) is 24.3 Å². The molecule has 1 aliphatic heterocycles. The number of rotatable bonds is 5. The van der Waals surface area contributed by atoms with Crippen molar-refractivity contribution in [1.29, 1.82) is 0 Å². The number of hydrogen-bond donors (Lipinski definition) is 2. The smallest absolute Gasteiger partial charge is 0.310 e. The highest BCUT2D eigenvalue weighted by Gasteiger charge is 2.34. The first-order valence-corrected chi connectivity index (χ1v) is 10.0. The summed E-state index contributed by atoms with van der Waals surface area (Å²) < 4.78 is 0. The molecule has 0 radical (unpaired) electrons. The van der Waals surface area contributed by atoms with Crippen molar-refractivity contribution in [3.8, 4) is 5.75 Å². The number of nitrogens with one attached hydrogen (secondary N) is 1. The van der Waals surface area contributed by atoms with Crippen LogP contribution in [0.2, 0.25) is 5.02 Å². The van der Waals surface area contributed by atoms with Crippen molar-refractivity contribution in [1.82, 2.24) is 10.2 Å². The maximum absolute atomic E-state index is 12.8. The average Bonchev–Trinajstić information content (AvgIpc) is 3.23. The summed E-state index contributed by atoms with van der Waals surface area (Å²) >= 11 is 5.84. The number of nitro benzene ring substituents is 1. The molecule has 3 rings (SSSR count). The molecule has 2 aromatic carbocycles. The van der Waals surface area contributed by atoms with E-state index in [2.05, 4.69) is 5.32 Å². The summed E-state index contributed by atoms with van der Waals surface area (Å²) in [4.78, 5) is 36.8. The molecule has 2 amide bonds. The Hall–Kier alpha value is -3.13. The number of likely N-dealkylation sites (tertiary alicyclic amines) is 1. The maximum Gasteiger partial charge on any atom is 0.310 e. The van der Waals surface area contributed by atoms with E-state index >= 15 is 0 Å². The monoisotopic (exact) mass is 433 g/mol. The Bertz CT molecular complexity index is 917. The van der Waals surface area contributed by atoms with Crippen LogP contribution in [0.4, 0.5) is 5.69 Å². The summed E-state index contributed by atoms with van der Waals surface area (Å²) in [6, 6.07) is 9.86. The average molecular weight is 434 g/mol. The van der Waals surface area contributed by atoms with E-state index in [0.29, 0.717) is 31.0 Å². The Morgan fingerprint density at radius 3 is 2.50 bits per heavy atom. The summed E-state index contributed by atoms with van der Waals surface area (Å²) in [5.74, 6) is -1.31. The molecule has 0 aromatic heterocycles. The fraction of sp³-hybridized carbons (Fsp3) is 0.333. The van der Waals surface area contributed by atoms with Crippen molar-refractivity contribution in [3.63, 3.8) is 0 Å². The number of carbonyl (C=O) groups is 2. The van der Waals surface area contributed by atoms with Crippen LogP contribution in [-0.2, 0) is 11.3 Å². The number of benzene rings is 2. The van der Waals surface area contributed by atoms with Gasteiger partial charge in [-0.05, 0) is 42.7 Å². The van der Waals surface area contributed by atoms with Crippen molar-refractivity contribution in [3.05, 3.63) is 68.7 Å². The number of phenolic OH excluding ortho intramolecular Hbond substituents is 1. The van der Waals surface area contributed by atoms with Gasteiger partial charge in [-0.3, -0.25) is 19.7 Å². The summed E-state index contributed by atoms with van der Waals surface area (Å²) in [5, 5.41) is 24.0. The first kappa shape index (κ1) is 23.2. The second kappa shape index (κ2) is 10.6. The molecule has 160 valence electrons. The standard InChI is InChI=1S/C19H18ClN3O5.C2H6/c20-14-6-3-12(4-7-14)11-21-18(25)16-2-1-9-22(16)19(26)13-5-8-15(23(27)28)17(24)10-13;1-2/h3-8,10,16,24H,1-2,9,11H2,(H,21,25);1-2H3. The third-order valence-electron chi connectivity index (χ3n) is 4.62. The van der Waals surface area contributed by atoms with Crippen LogP contribution in [0.25, 0.3) is 0 Å². The summed E-state index contributed by atoms with van der Waals surface area (Å²) in [6.07, 6.45) is 1.20. The highest BCUT2D eigenvalue weighted by molar-refractivity contribution is 6.30. The van der Waals surface area contributed by atoms with Crippen LogP contribution in [0.1, 0.15) is 42.6 Å². The number of phenols is 1. The van der Waals surface area contributed by atoms with E-state index in [4.69, 9.17) is 11.6 Å². The molecular weight excluding hydrogens is 410 g/mol. The van der Waals surface area contributed by atoms with Gasteiger partial charge in [0.1, 0.15) is 6.04 Å². The zero-order valence-corrected chi connectivity index (χ0v) is 17.6. The topological polar surface area (TPSA) is 113 Å². The Morgan fingerprint density at radius 2 is 1.90 bits per heavy atom. The van der Waals surface area contributed by atoms with Gasteiger partial charge in [0.25, 0.3) is 5.91 Å². The van der Waals surface area contributed by atoms with Crippen LogP contribution < -0.4 is 5.32 Å². The molecule has 9 heteroatoms. The van der Waals surface area contributed by atoms with Gasteiger partial charge >= 0.3 is 5.69 Å². The van der Waals surface area contributed by atoms with Crippen LogP contribution in [-0.4, -0.2) is 39.3 Å². The molecule has 0 aliphatic carbocycles. The van der Waals surface area contributed by atoms with Crippen LogP contribution >= 0.6 is 11.6 Å². The summed E-state index contributed by atoms with van der Waals surface area (Å²) in [7, 11) is 0. The first-order valence-electron chi connectivity index (χ1n) is 9.67. The molecule has 1 unspecified atom stereocenters. The van der Waals surface area contributed by atoms with Gasteiger partial charge in [-0.2, -0.15) is 0 Å². The van der Waals surface area contributed by atoms with E-state index in [-0.39, 0.29) is 11.5 Å². The number of aromatic hydroxyl groups is 1. The molecule has 0 bridgehead atoms. The van der Waals surface area contributed by atoms with Crippen LogP contribution in [0.15, 0.2) is 42.5 Å². The van der Waals surface area contributed by atoms with E-state index in [9.17, 15) is 24.8 Å². The van der Waals surface area contributed by atoms with E-state index < -0.39 is 28.3 Å². The Kier molecular flexibility index (Phi) is 8.17. The predicted molar refractivity (Wildman–Crippen MR) is 113 cm³/mol. The van der Waals surface area contributed by atoms with Crippen molar-refractivity contribution < 1.29 is 19.6 Å². The van der Waals surface area contributed by atoms with Crippen molar-refractivity contribution >= 4 is 29.1 Å². The molecule has 2 aromatic rings. The Labute approximate surface area is 179 Å². The molecule has 0 saturated carbocycles. The fourth-order valence-electron chi connectivity index (χ4n) is 3.17. The van der Waals surface area contributed by atoms with E-state index in [1.165, 1.54) is 11.0 Å². The zero-order valence-electron chi connectivity index (χ0n) is 16.8. The third kappa shape index (κ3) is 5.48. The maximum atomic E-state index is 12.8. The fourth-order valence-corrected chi connectivity index (χ4v) is 3.29. The van der Waals surface area contributed by atoms with Gasteiger partial charge < -0.3 is 15.3 Å². The number of nitrogens with zero attached hydrogens (tertiary/aromatic N) is 2. The number of carbonyl (C=O) groups excluding carboxylic acids is 2. The minimum Gasteiger partial charge on any atom is -0.502 e. The molecule has 1 fully saturated rings. The van der Waals surface area contributed by atoms with Gasteiger partial charge in [-0.15, -0.1) is 0 Å². The lowest BCUT2D eigenvalue weighted by Gasteiger charge is -2.24. The molecular formula is C21H24ClN3O5. The molecule has 8 nitrogen and oxygen atoms in total. The minimum absolute atomic E-state index is 0.0977. The first-order chi connectivity index (χ1) is 14.4. The predicted octanol–water partition coefficient (Wildman–Crippen LogP) is 3.90. The van der Waals surface area contributed by atoms with Crippen LogP contribution in [0, 0.1) is 10.1 Å². The van der Waals surface area contributed by atoms with Gasteiger partial charge in [0.2, 0.25) is 5.91 Å². The Balaban J connectivity index is 0.00000155. The third-order valence-corrected chi connectivity index (χ3v) is 4.87. The van der Waals surface area contributed by atoms with Crippen LogP contribution in [0.5, 0.6) is 5.75 Å². The highest BCUT2D eigenvalue weighted by atomic mass is 35.5. The summed E-state index contributed by atoms with van der Waals surface area (Å²) in [5.41, 5.74) is 0.504. The number of nitro groups is 1. The van der Waals surface area contributed by atoms with Crippen molar-refractivity contribution in [2.75, 3.05) is 6.54 Å². The molecule has 1 aliphatic rings. The number of amides is 2. The minimum atomic E-state index is -0.730. The highest BCUT2D eigenvalue weighted by Crippen LogP contribution is 2.28. The van der Waals surface area contributed by atoms with Gasteiger partial charge in [-0.1, -0.05) is 37.6 Å². The van der Waals surface area contributed by atoms with Crippen molar-refractivity contribution in [2.24, 2.45) is 0 Å². The second-order valence-corrected chi connectivity index (χ2v) is 6.90. The van der Waals surface area contributed by atoms with Crippen molar-refractivity contribution in [2.45, 2.75) is 39.3 Å². The molecule has 1 atom stereocenters. The molecule has 2 N–H and O–H groups in total. The summed E-state index contributed by atoms with van der Waals surface area (Å²) in [6.45, 7) is 4.71. The number of halogens is 1. The number of hydrogen-bond acceptors (Lipinski definition) is 5. The van der Waals surface area contributed by atoms with Gasteiger partial charge in [0.05, 0.1) is 4.92 Å². The Morgan fingerprint density at radius 1 is 1.23 bits per heavy atom. The quantitative estimate of drug-likeness (QED) is 0.548. The van der Waals surface area contributed by atoms with Gasteiger partial charge in [0, 0.05) is 29.7 Å². The normalized spacial score (nSPS) is 15.2. The molecule has 0 spiro atoms. The zero-order chi connectivity index (χ0) is 22.3. The lowest BCUT2D eigenvalue weighted by atomic mass is 10.1. The molecule has 1 heterocycles.